The molecule has 416 valence electrons. The van der Waals surface area contributed by atoms with Crippen LogP contribution < -0.4 is 41.7 Å². The minimum atomic E-state index is 0. The summed E-state index contributed by atoms with van der Waals surface area (Å²) in [6.07, 6.45) is 17.0. The number of allylic oxidation sites excluding steroid dienone is 2. The van der Waals surface area contributed by atoms with Crippen LogP contribution in [-0.2, 0) is 38.9 Å². The first-order valence-electron chi connectivity index (χ1n) is 25.1. The number of aliphatic imine (C=N–C) groups is 1. The Bertz CT molecular complexity index is 2010. The zero-order chi connectivity index (χ0) is 48.6. The molecule has 2 aromatic carbocycles. The number of benzene rings is 2. The number of carbonyl (C=O) groups is 1. The van der Waals surface area contributed by atoms with Gasteiger partial charge in [-0.1, -0.05) is 98.9 Å². The Hall–Kier alpha value is -3.20. The number of hydrogen-bond donors (Lipinski definition) is 1. The van der Waals surface area contributed by atoms with Crippen molar-refractivity contribution < 1.29 is 74.9 Å². The van der Waals surface area contributed by atoms with Crippen molar-refractivity contribution in [1.82, 2.24) is 4.57 Å². The van der Waals surface area contributed by atoms with E-state index in [1.54, 1.807) is 40.6 Å². The molecule has 4 saturated carbocycles. The molecule has 9 rings (SSSR count). The van der Waals surface area contributed by atoms with Crippen molar-refractivity contribution in [2.24, 2.45) is 76.0 Å². The molecule has 12 heteroatoms. The summed E-state index contributed by atoms with van der Waals surface area (Å²) in [6, 6.07) is 12.3. The number of dihydropyridines is 1. The Kier molecular flexibility index (Phi) is 34.2. The topological polar surface area (TPSA) is 101 Å². The molecule has 4 aliphatic carbocycles. The van der Waals surface area contributed by atoms with E-state index in [1.165, 1.54) is 48.9 Å². The normalized spacial score (nSPS) is 29.2. The summed E-state index contributed by atoms with van der Waals surface area (Å²) in [6.45, 7) is 28.4. The van der Waals surface area contributed by atoms with Crippen molar-refractivity contribution in [3.63, 3.8) is 0 Å². The largest absolute Gasteiger partial charge is 2.00 e. The number of fused-ring (bicyclic) bond motifs is 4. The molecule has 0 spiro atoms. The predicted molar refractivity (Wildman–Crippen MR) is 299 cm³/mol. The molecule has 0 amide bonds. The van der Waals surface area contributed by atoms with Crippen LogP contribution in [0, 0.1) is 101 Å². The summed E-state index contributed by atoms with van der Waals surface area (Å²) in [7, 11) is 6.55. The Labute approximate surface area is 474 Å². The molecule has 3 aromatic rings. The fraction of sp³-hybridized carbons (Fsp3) is 0.590. The number of hydrogen-bond acceptors (Lipinski definition) is 7. The van der Waals surface area contributed by atoms with Gasteiger partial charge in [0.1, 0.15) is 29.4 Å². The average Bonchev–Trinajstić information content (AvgIpc) is 4.17. The molecule has 6 aliphatic rings. The second kappa shape index (κ2) is 33.8. The maximum atomic E-state index is 10.5. The van der Waals surface area contributed by atoms with Crippen LogP contribution in [0.25, 0.3) is 11.8 Å². The molecule has 3 heterocycles. The maximum Gasteiger partial charge on any atom is 2.00 e. The van der Waals surface area contributed by atoms with E-state index < -0.39 is 0 Å². The molecular formula is C61H99ClFe2N4O5. The molecule has 1 aromatic heterocycles. The second-order valence-corrected chi connectivity index (χ2v) is 20.8. The van der Waals surface area contributed by atoms with Gasteiger partial charge in [-0.15, -0.1) is 0 Å². The first-order chi connectivity index (χ1) is 31.4. The third kappa shape index (κ3) is 16.9. The molecule has 4 atom stereocenters. The number of rotatable bonds is 6. The van der Waals surface area contributed by atoms with Gasteiger partial charge in [0.2, 0.25) is 12.0 Å². The van der Waals surface area contributed by atoms with Gasteiger partial charge in [-0.25, -0.2) is 4.57 Å². The monoisotopic (exact) mass is 1110 g/mol. The molecule has 9 nitrogen and oxygen atoms in total. The van der Waals surface area contributed by atoms with Gasteiger partial charge in [0.05, 0.1) is 40.2 Å². The standard InChI is InChI=1S/C19H23N2O2.C10H13NO.2C10H20.C8H11NO2.4CH3.ClH.2Fe/c1-13-10-14-11-20(12-21(14)16-7-4-6-15(13)16)19-17(22-2)8-5-9-18(19)23-3;1-7-5-8(6-12)11-10-4-2-3-9(7)10;2*1-6-7(2)9(4)10(5)8(6)3;1-10-6-4-3-5-7(11-2)8(6)9;;;;;;;/h5,8-12,15-16H,4,6-7H2,1-3H3;5-6,9-10H,2-4H2,1H3;2*6-10H,1-5H3;3-5H,9H2,1-2H3;4*1H3;1H;;/q+1;;;;;4*-1;;2*+2/p-1. The number of nitrogens with two attached hydrogens (primary N) is 1. The van der Waals surface area contributed by atoms with Crippen LogP contribution in [0.1, 0.15) is 133 Å². The van der Waals surface area contributed by atoms with Crippen molar-refractivity contribution in [2.45, 2.75) is 134 Å². The van der Waals surface area contributed by atoms with Gasteiger partial charge in [0.25, 0.3) is 0 Å². The molecule has 0 bridgehead atoms. The number of nitrogens with zero attached hydrogens (tertiary/aromatic N) is 3. The van der Waals surface area contributed by atoms with Crippen LogP contribution >= 0.6 is 0 Å². The Balaban J connectivity index is -0.000000860. The smallest absolute Gasteiger partial charge is 1.00 e. The van der Waals surface area contributed by atoms with Crippen molar-refractivity contribution in [3.05, 3.63) is 102 Å². The summed E-state index contributed by atoms with van der Waals surface area (Å²) >= 11 is 0. The molecule has 0 radical (unpaired) electrons. The number of methoxy groups -OCH3 is 4. The minimum Gasteiger partial charge on any atom is -1.00 e. The van der Waals surface area contributed by atoms with Gasteiger partial charge in [0, 0.05) is 11.8 Å². The number of aromatic nitrogens is 2. The van der Waals surface area contributed by atoms with E-state index in [1.807, 2.05) is 30.3 Å². The summed E-state index contributed by atoms with van der Waals surface area (Å²) in [5.41, 5.74) is 11.9. The Morgan fingerprint density at radius 3 is 1.34 bits per heavy atom. The van der Waals surface area contributed by atoms with Gasteiger partial charge in [-0.3, -0.25) is 9.79 Å². The van der Waals surface area contributed by atoms with Crippen LogP contribution in [0.3, 0.4) is 0 Å². The first-order valence-corrected chi connectivity index (χ1v) is 25.1. The van der Waals surface area contributed by atoms with Crippen LogP contribution in [0.2, 0.25) is 0 Å². The van der Waals surface area contributed by atoms with Crippen molar-refractivity contribution in [1.29, 1.82) is 0 Å². The first kappa shape index (κ1) is 74.0. The number of halogens is 1. The van der Waals surface area contributed by atoms with E-state index in [9.17, 15) is 4.79 Å². The van der Waals surface area contributed by atoms with E-state index in [0.29, 0.717) is 46.8 Å². The fourth-order valence-corrected chi connectivity index (χ4v) is 12.1. The molecule has 4 fully saturated rings. The average molecular weight is 1120 g/mol. The van der Waals surface area contributed by atoms with Crippen LogP contribution in [0.15, 0.2) is 71.1 Å². The van der Waals surface area contributed by atoms with Gasteiger partial charge in [-0.05, 0) is 142 Å². The van der Waals surface area contributed by atoms with Crippen molar-refractivity contribution in [2.75, 3.05) is 34.2 Å². The molecule has 2 N–H and O–H groups in total. The molecular weight excluding hydrogens is 1020 g/mol. The van der Waals surface area contributed by atoms with Crippen LogP contribution in [-0.4, -0.2) is 51.0 Å². The SMILES string of the molecule is CC1=CC(C=O)=NC2CCCC12.CC1C(C)C(C)C(C)C1C.CC1C(C)C(C)C(C)C1C.COc1cccc(OC)c1-[n+]1cc2n(c1)C1CCCC1C(C)=C2.COc1cccc(OC)c1N.[CH3-].[CH3-].[CH3-].[CH3-].[Cl-].[Fe+2].[Fe+2]. The van der Waals surface area contributed by atoms with E-state index in [2.05, 4.69) is 116 Å². The van der Waals surface area contributed by atoms with E-state index >= 15 is 0 Å². The summed E-state index contributed by atoms with van der Waals surface area (Å²) in [5, 5.41) is 0. The van der Waals surface area contributed by atoms with E-state index in [-0.39, 0.29) is 76.3 Å². The number of ether oxygens (including phenoxy) is 4. The fourth-order valence-electron chi connectivity index (χ4n) is 12.1. The molecule has 73 heavy (non-hydrogen) atoms. The molecule has 0 saturated heterocycles. The van der Waals surface area contributed by atoms with E-state index in [0.717, 1.165) is 89.1 Å². The number of aldehydes is 1. The van der Waals surface area contributed by atoms with Gasteiger partial charge in [0.15, 0.2) is 23.5 Å². The van der Waals surface area contributed by atoms with Crippen LogP contribution in [0.5, 0.6) is 23.0 Å². The number of para-hydroxylation sites is 2. The second-order valence-electron chi connectivity index (χ2n) is 20.8. The zero-order valence-corrected chi connectivity index (χ0v) is 51.7. The number of anilines is 1. The maximum absolute atomic E-state index is 10.5. The van der Waals surface area contributed by atoms with E-state index in [4.69, 9.17) is 24.7 Å². The summed E-state index contributed by atoms with van der Waals surface area (Å²) < 4.78 is 25.6. The summed E-state index contributed by atoms with van der Waals surface area (Å²) in [5.74, 6) is 13.6. The third-order valence-corrected chi connectivity index (χ3v) is 17.9. The van der Waals surface area contributed by atoms with Gasteiger partial charge < -0.3 is 66.8 Å². The van der Waals surface area contributed by atoms with Gasteiger partial charge >= 0.3 is 34.1 Å². The van der Waals surface area contributed by atoms with Crippen LogP contribution in [0.4, 0.5) is 5.69 Å². The number of nitrogen functional groups attached to an aromatic ring is 1. The number of carbonyl (C=O) groups excluding carboxylic acids is 1. The minimum absolute atomic E-state index is 0. The number of imidazole rings is 1. The quantitative estimate of drug-likeness (QED) is 0.0868. The van der Waals surface area contributed by atoms with Gasteiger partial charge in [-0.2, -0.15) is 4.57 Å². The predicted octanol–water partition coefficient (Wildman–Crippen LogP) is 11.7. The molecule has 4 unspecified atom stereocenters. The Morgan fingerprint density at radius 2 is 0.945 bits per heavy atom. The van der Waals surface area contributed by atoms with Crippen molar-refractivity contribution >= 4 is 23.8 Å². The Morgan fingerprint density at radius 1 is 0.575 bits per heavy atom. The van der Waals surface area contributed by atoms with Crippen molar-refractivity contribution in [3.8, 4) is 28.7 Å². The summed E-state index contributed by atoms with van der Waals surface area (Å²) in [4.78, 5) is 14.9. The zero-order valence-electron chi connectivity index (χ0n) is 48.7. The molecule has 2 aliphatic heterocycles. The third-order valence-electron chi connectivity index (χ3n) is 17.9.